The molecular formula is C19H25ClF3N3O2. The highest BCUT2D eigenvalue weighted by atomic mass is 35.5. The Morgan fingerprint density at radius 2 is 1.89 bits per heavy atom. The zero-order chi connectivity index (χ0) is 21.3. The molecule has 1 unspecified atom stereocenters. The molecule has 0 aliphatic carbocycles. The number of rotatable bonds is 5. The molecule has 2 rings (SSSR count). The fourth-order valence-electron chi connectivity index (χ4n) is 2.91. The lowest BCUT2D eigenvalue weighted by Gasteiger charge is -2.28. The smallest absolute Gasteiger partial charge is 0.368 e. The Bertz CT molecular complexity index is 750. The van der Waals surface area contributed by atoms with E-state index >= 15 is 0 Å². The second-order valence-electron chi connectivity index (χ2n) is 7.84. The fraction of sp³-hybridized carbons (Fsp3) is 0.579. The van der Waals surface area contributed by atoms with Crippen LogP contribution in [0.5, 0.6) is 0 Å². The Hall–Kier alpha value is -1.96. The Kier molecular flexibility index (Phi) is 6.53. The van der Waals surface area contributed by atoms with Gasteiger partial charge in [-0.05, 0) is 38.5 Å². The molecule has 1 heterocycles. The summed E-state index contributed by atoms with van der Waals surface area (Å²) in [5, 5.41) is 5.63. The average molecular weight is 420 g/mol. The number of benzene rings is 1. The highest BCUT2D eigenvalue weighted by Crippen LogP contribution is 2.36. The molecular weight excluding hydrogens is 395 g/mol. The number of anilines is 1. The van der Waals surface area contributed by atoms with Crippen LogP contribution in [0.3, 0.4) is 0 Å². The molecule has 9 heteroatoms. The molecule has 2 N–H and O–H groups in total. The van der Waals surface area contributed by atoms with Crippen LogP contribution in [0.4, 0.5) is 18.9 Å². The maximum Gasteiger partial charge on any atom is 0.416 e. The van der Waals surface area contributed by atoms with Crippen molar-refractivity contribution in [2.24, 2.45) is 5.92 Å². The van der Waals surface area contributed by atoms with Crippen molar-refractivity contribution in [2.75, 3.05) is 18.0 Å². The summed E-state index contributed by atoms with van der Waals surface area (Å²) in [5.74, 6) is -0.771. The van der Waals surface area contributed by atoms with Gasteiger partial charge in [0.15, 0.2) is 0 Å². The first-order chi connectivity index (χ1) is 12.8. The summed E-state index contributed by atoms with van der Waals surface area (Å²) in [6, 6.07) is 3.06. The van der Waals surface area contributed by atoms with Gasteiger partial charge in [-0.1, -0.05) is 25.4 Å². The van der Waals surface area contributed by atoms with Crippen molar-refractivity contribution >= 4 is 29.1 Å². The van der Waals surface area contributed by atoms with Gasteiger partial charge in [0, 0.05) is 25.0 Å². The van der Waals surface area contributed by atoms with Crippen LogP contribution in [0.2, 0.25) is 5.02 Å². The van der Waals surface area contributed by atoms with Gasteiger partial charge in [0.25, 0.3) is 0 Å². The molecule has 0 saturated carbocycles. The standard InChI is InChI=1S/C19H25ClF3N3O2/c1-11(2)16(27)25-18(3,4)17(28)24-13-7-8-26(10-13)15-6-5-12(9-14(15)20)19(21,22)23/h5-6,9,11,13H,7-8,10H2,1-4H3,(H,24,28)(H,25,27). The number of alkyl halides is 3. The van der Waals surface area contributed by atoms with E-state index in [2.05, 4.69) is 10.6 Å². The summed E-state index contributed by atoms with van der Waals surface area (Å²) < 4.78 is 38.4. The predicted octanol–water partition coefficient (Wildman–Crippen LogP) is 3.60. The molecule has 0 aromatic heterocycles. The molecule has 2 amide bonds. The van der Waals surface area contributed by atoms with Gasteiger partial charge in [-0.25, -0.2) is 0 Å². The van der Waals surface area contributed by atoms with E-state index in [4.69, 9.17) is 11.6 Å². The number of carbonyl (C=O) groups excluding carboxylic acids is 2. The summed E-state index contributed by atoms with van der Waals surface area (Å²) in [5.41, 5.74) is -1.37. The third-order valence-electron chi connectivity index (χ3n) is 4.67. The summed E-state index contributed by atoms with van der Waals surface area (Å²) in [4.78, 5) is 26.3. The van der Waals surface area contributed by atoms with Gasteiger partial charge in [-0.2, -0.15) is 13.2 Å². The van der Waals surface area contributed by atoms with Crippen LogP contribution >= 0.6 is 11.6 Å². The van der Waals surface area contributed by atoms with Gasteiger partial charge >= 0.3 is 6.18 Å². The summed E-state index contributed by atoms with van der Waals surface area (Å²) >= 11 is 6.05. The van der Waals surface area contributed by atoms with Gasteiger partial charge in [0.2, 0.25) is 11.8 Å². The Labute approximate surface area is 167 Å². The lowest BCUT2D eigenvalue weighted by Crippen LogP contribution is -2.57. The van der Waals surface area contributed by atoms with Crippen LogP contribution in [0.25, 0.3) is 0 Å². The van der Waals surface area contributed by atoms with Crippen LogP contribution in [0, 0.1) is 5.92 Å². The lowest BCUT2D eigenvalue weighted by atomic mass is 10.0. The fourth-order valence-corrected chi connectivity index (χ4v) is 3.21. The van der Waals surface area contributed by atoms with E-state index in [1.54, 1.807) is 27.7 Å². The molecule has 0 spiro atoms. The number of nitrogens with one attached hydrogen (secondary N) is 2. The third kappa shape index (κ3) is 5.31. The quantitative estimate of drug-likeness (QED) is 0.766. The van der Waals surface area contributed by atoms with Crippen LogP contribution in [-0.4, -0.2) is 36.5 Å². The molecule has 1 aromatic carbocycles. The first-order valence-corrected chi connectivity index (χ1v) is 9.43. The molecule has 0 radical (unpaired) electrons. The molecule has 1 aliphatic heterocycles. The number of amides is 2. The van der Waals surface area contributed by atoms with Crippen LogP contribution in [0.1, 0.15) is 39.7 Å². The van der Waals surface area contributed by atoms with Gasteiger partial charge in [0.05, 0.1) is 16.3 Å². The van der Waals surface area contributed by atoms with Crippen LogP contribution in [-0.2, 0) is 15.8 Å². The number of halogens is 4. The molecule has 1 aliphatic rings. The summed E-state index contributed by atoms with van der Waals surface area (Å²) in [6.45, 7) is 7.71. The first kappa shape index (κ1) is 22.3. The van der Waals surface area contributed by atoms with Crippen molar-refractivity contribution in [3.63, 3.8) is 0 Å². The van der Waals surface area contributed by atoms with E-state index < -0.39 is 17.3 Å². The number of hydrogen-bond acceptors (Lipinski definition) is 3. The SMILES string of the molecule is CC(C)C(=O)NC(C)(C)C(=O)NC1CCN(c2ccc(C(F)(F)F)cc2Cl)C1. The van der Waals surface area contributed by atoms with Crippen molar-refractivity contribution in [1.82, 2.24) is 10.6 Å². The van der Waals surface area contributed by atoms with Crippen molar-refractivity contribution in [3.8, 4) is 0 Å². The highest BCUT2D eigenvalue weighted by Gasteiger charge is 2.35. The van der Waals surface area contributed by atoms with E-state index in [0.717, 1.165) is 12.1 Å². The Morgan fingerprint density at radius 3 is 2.43 bits per heavy atom. The van der Waals surface area contributed by atoms with E-state index in [1.165, 1.54) is 6.07 Å². The maximum atomic E-state index is 12.8. The maximum absolute atomic E-state index is 12.8. The molecule has 28 heavy (non-hydrogen) atoms. The number of carbonyl (C=O) groups is 2. The zero-order valence-corrected chi connectivity index (χ0v) is 17.0. The third-order valence-corrected chi connectivity index (χ3v) is 4.97. The Balaban J connectivity index is 2.00. The Morgan fingerprint density at radius 1 is 1.25 bits per heavy atom. The van der Waals surface area contributed by atoms with Gasteiger partial charge in [0.1, 0.15) is 5.54 Å². The topological polar surface area (TPSA) is 61.4 Å². The molecule has 156 valence electrons. The lowest BCUT2D eigenvalue weighted by molar-refractivity contribution is -0.137. The molecule has 0 bridgehead atoms. The van der Waals surface area contributed by atoms with Crippen LogP contribution in [0.15, 0.2) is 18.2 Å². The van der Waals surface area contributed by atoms with Gasteiger partial charge < -0.3 is 15.5 Å². The highest BCUT2D eigenvalue weighted by molar-refractivity contribution is 6.33. The average Bonchev–Trinajstić information content (AvgIpc) is 3.01. The second kappa shape index (κ2) is 8.19. The number of nitrogens with zero attached hydrogens (tertiary/aromatic N) is 1. The largest absolute Gasteiger partial charge is 0.416 e. The number of hydrogen-bond donors (Lipinski definition) is 2. The molecule has 1 fully saturated rings. The van der Waals surface area contributed by atoms with Gasteiger partial charge in [-0.15, -0.1) is 0 Å². The normalized spacial score (nSPS) is 17.8. The minimum atomic E-state index is -4.45. The predicted molar refractivity (Wildman–Crippen MR) is 102 cm³/mol. The van der Waals surface area contributed by atoms with E-state index in [-0.39, 0.29) is 28.8 Å². The van der Waals surface area contributed by atoms with Crippen molar-refractivity contribution in [3.05, 3.63) is 28.8 Å². The minimum absolute atomic E-state index is 0.0197. The van der Waals surface area contributed by atoms with Crippen molar-refractivity contribution in [1.29, 1.82) is 0 Å². The van der Waals surface area contributed by atoms with E-state index in [9.17, 15) is 22.8 Å². The second-order valence-corrected chi connectivity index (χ2v) is 8.25. The monoisotopic (exact) mass is 419 g/mol. The molecule has 1 atom stereocenters. The van der Waals surface area contributed by atoms with Gasteiger partial charge in [-0.3, -0.25) is 9.59 Å². The van der Waals surface area contributed by atoms with Crippen molar-refractivity contribution < 1.29 is 22.8 Å². The summed E-state index contributed by atoms with van der Waals surface area (Å²) in [6.07, 6.45) is -3.83. The molecule has 1 saturated heterocycles. The van der Waals surface area contributed by atoms with E-state index in [1.807, 2.05) is 4.90 Å². The first-order valence-electron chi connectivity index (χ1n) is 9.06. The molecule has 5 nitrogen and oxygen atoms in total. The zero-order valence-electron chi connectivity index (χ0n) is 16.3. The van der Waals surface area contributed by atoms with E-state index in [0.29, 0.717) is 25.2 Å². The van der Waals surface area contributed by atoms with Crippen LogP contribution < -0.4 is 15.5 Å². The summed E-state index contributed by atoms with van der Waals surface area (Å²) in [7, 11) is 0. The minimum Gasteiger partial charge on any atom is -0.368 e. The molecule has 1 aromatic rings. The van der Waals surface area contributed by atoms with Crippen molar-refractivity contribution in [2.45, 2.75) is 51.9 Å².